The van der Waals surface area contributed by atoms with Gasteiger partial charge in [-0.25, -0.2) is 0 Å². The van der Waals surface area contributed by atoms with Gasteiger partial charge < -0.3 is 10.4 Å². The van der Waals surface area contributed by atoms with Gasteiger partial charge in [-0.1, -0.05) is 50.2 Å². The van der Waals surface area contributed by atoms with Crippen LogP contribution in [0.2, 0.25) is 0 Å². The zero-order valence-electron chi connectivity index (χ0n) is 12.7. The van der Waals surface area contributed by atoms with Crippen molar-refractivity contribution in [2.75, 3.05) is 6.61 Å². The molecule has 2 atom stereocenters. The molecule has 21 heavy (non-hydrogen) atoms. The molecule has 0 saturated heterocycles. The molecular formula is C18H24N2O. The van der Waals surface area contributed by atoms with E-state index in [-0.39, 0.29) is 18.7 Å². The Bertz CT molecular complexity index is 474. The molecule has 0 bridgehead atoms. The molecule has 0 amide bonds. The molecule has 3 nitrogen and oxygen atoms in total. The van der Waals surface area contributed by atoms with Gasteiger partial charge in [0.05, 0.1) is 11.7 Å². The van der Waals surface area contributed by atoms with E-state index < -0.39 is 0 Å². The normalized spacial score (nSPS) is 14.1. The summed E-state index contributed by atoms with van der Waals surface area (Å²) in [7, 11) is 0. The van der Waals surface area contributed by atoms with Crippen molar-refractivity contribution >= 4 is 0 Å². The molecule has 0 radical (unpaired) electrons. The van der Waals surface area contributed by atoms with Crippen molar-refractivity contribution in [3.63, 3.8) is 0 Å². The van der Waals surface area contributed by atoms with Crippen LogP contribution in [0.15, 0.2) is 54.7 Å². The van der Waals surface area contributed by atoms with E-state index in [9.17, 15) is 5.11 Å². The summed E-state index contributed by atoms with van der Waals surface area (Å²) < 4.78 is 0. The predicted octanol–water partition coefficient (Wildman–Crippen LogP) is 3.17. The first-order chi connectivity index (χ1) is 10.2. The number of aliphatic hydroxyl groups excluding tert-OH is 1. The molecule has 2 unspecified atom stereocenters. The molecule has 1 aromatic heterocycles. The highest BCUT2D eigenvalue weighted by atomic mass is 16.3. The summed E-state index contributed by atoms with van der Waals surface area (Å²) in [6.45, 7) is 4.54. The molecule has 0 aliphatic carbocycles. The number of pyridine rings is 1. The van der Waals surface area contributed by atoms with Crippen molar-refractivity contribution in [1.29, 1.82) is 0 Å². The average molecular weight is 284 g/mol. The highest BCUT2D eigenvalue weighted by molar-refractivity contribution is 5.27. The summed E-state index contributed by atoms with van der Waals surface area (Å²) in [5.74, 6) is 0.451. The summed E-state index contributed by atoms with van der Waals surface area (Å²) >= 11 is 0. The van der Waals surface area contributed by atoms with Crippen molar-refractivity contribution < 1.29 is 5.11 Å². The van der Waals surface area contributed by atoms with Gasteiger partial charge in [-0.15, -0.1) is 0 Å². The fourth-order valence-electron chi connectivity index (χ4n) is 2.51. The van der Waals surface area contributed by atoms with Crippen LogP contribution in [0.4, 0.5) is 0 Å². The second-order valence-electron chi connectivity index (χ2n) is 5.63. The quantitative estimate of drug-likeness (QED) is 0.821. The van der Waals surface area contributed by atoms with Crippen LogP contribution in [0.1, 0.15) is 37.6 Å². The van der Waals surface area contributed by atoms with E-state index in [0.717, 1.165) is 12.1 Å². The van der Waals surface area contributed by atoms with E-state index in [1.54, 1.807) is 0 Å². The number of aromatic nitrogens is 1. The molecule has 0 saturated carbocycles. The van der Waals surface area contributed by atoms with Crippen molar-refractivity contribution in [3.05, 3.63) is 66.0 Å². The van der Waals surface area contributed by atoms with E-state index >= 15 is 0 Å². The Morgan fingerprint density at radius 3 is 2.33 bits per heavy atom. The molecule has 0 fully saturated rings. The van der Waals surface area contributed by atoms with Gasteiger partial charge in [0.25, 0.3) is 0 Å². The van der Waals surface area contributed by atoms with Crippen LogP contribution in [0.5, 0.6) is 0 Å². The molecule has 1 aromatic carbocycles. The van der Waals surface area contributed by atoms with Crippen molar-refractivity contribution in [3.8, 4) is 0 Å². The minimum absolute atomic E-state index is 0.0475. The Balaban J connectivity index is 2.28. The predicted molar refractivity (Wildman–Crippen MR) is 86.0 cm³/mol. The fraction of sp³-hybridized carbons (Fsp3) is 0.389. The lowest BCUT2D eigenvalue weighted by Gasteiger charge is -2.28. The van der Waals surface area contributed by atoms with Crippen LogP contribution in [0.25, 0.3) is 0 Å². The Morgan fingerprint density at radius 1 is 1.05 bits per heavy atom. The second-order valence-corrected chi connectivity index (χ2v) is 5.63. The molecule has 2 aromatic rings. The summed E-state index contributed by atoms with van der Waals surface area (Å²) in [6, 6.07) is 16.6. The summed E-state index contributed by atoms with van der Waals surface area (Å²) in [6.07, 6.45) is 2.57. The molecule has 2 N–H and O–H groups in total. The van der Waals surface area contributed by atoms with Crippen molar-refractivity contribution in [2.45, 2.75) is 32.4 Å². The van der Waals surface area contributed by atoms with Gasteiger partial charge in [0, 0.05) is 18.8 Å². The van der Waals surface area contributed by atoms with Gasteiger partial charge >= 0.3 is 0 Å². The van der Waals surface area contributed by atoms with E-state index in [0.29, 0.717) is 5.92 Å². The number of hydrogen-bond acceptors (Lipinski definition) is 3. The Morgan fingerprint density at radius 2 is 1.76 bits per heavy atom. The lowest BCUT2D eigenvalue weighted by atomic mass is 9.96. The van der Waals surface area contributed by atoms with Crippen molar-refractivity contribution in [1.82, 2.24) is 10.3 Å². The number of rotatable bonds is 7. The van der Waals surface area contributed by atoms with E-state index in [4.69, 9.17) is 0 Å². The number of nitrogens with zero attached hydrogens (tertiary/aromatic N) is 1. The molecule has 112 valence electrons. The minimum atomic E-state index is 0.0475. The third-order valence-electron chi connectivity index (χ3n) is 3.74. The van der Waals surface area contributed by atoms with E-state index in [2.05, 4.69) is 36.3 Å². The van der Waals surface area contributed by atoms with Gasteiger partial charge in [0.2, 0.25) is 0 Å². The molecule has 0 aliphatic rings. The van der Waals surface area contributed by atoms with Crippen molar-refractivity contribution in [2.24, 2.45) is 5.92 Å². The topological polar surface area (TPSA) is 45.1 Å². The first-order valence-corrected chi connectivity index (χ1v) is 7.55. The highest BCUT2D eigenvalue weighted by Crippen LogP contribution is 2.22. The molecular weight excluding hydrogens is 260 g/mol. The van der Waals surface area contributed by atoms with Crippen LogP contribution in [-0.4, -0.2) is 22.7 Å². The second kappa shape index (κ2) is 7.91. The van der Waals surface area contributed by atoms with E-state index in [1.165, 1.54) is 5.56 Å². The Hall–Kier alpha value is -1.71. The van der Waals surface area contributed by atoms with Crippen LogP contribution in [0.3, 0.4) is 0 Å². The molecule has 0 aliphatic heterocycles. The first-order valence-electron chi connectivity index (χ1n) is 7.55. The number of benzene rings is 1. The van der Waals surface area contributed by atoms with Gasteiger partial charge in [-0.3, -0.25) is 4.98 Å². The largest absolute Gasteiger partial charge is 0.396 e. The van der Waals surface area contributed by atoms with Gasteiger partial charge in [-0.05, 0) is 30.0 Å². The Kier molecular flexibility index (Phi) is 5.90. The lowest BCUT2D eigenvalue weighted by Crippen LogP contribution is -2.38. The smallest absolute Gasteiger partial charge is 0.0753 e. The van der Waals surface area contributed by atoms with Gasteiger partial charge in [0.15, 0.2) is 0 Å². The van der Waals surface area contributed by atoms with Crippen LogP contribution < -0.4 is 5.32 Å². The number of nitrogens with one attached hydrogen (secondary N) is 1. The Labute approximate surface area is 127 Å². The molecule has 0 spiro atoms. The summed E-state index contributed by atoms with van der Waals surface area (Å²) in [4.78, 5) is 4.50. The SMILES string of the molecule is CC(C)C(CCO)NC(c1ccccc1)c1ccccn1. The first kappa shape index (κ1) is 15.7. The number of hydrogen-bond donors (Lipinski definition) is 2. The fourth-order valence-corrected chi connectivity index (χ4v) is 2.51. The standard InChI is InChI=1S/C18H24N2O/c1-14(2)16(11-13-21)20-18(15-8-4-3-5-9-15)17-10-6-7-12-19-17/h3-10,12,14,16,18,20-21H,11,13H2,1-2H3. The lowest BCUT2D eigenvalue weighted by molar-refractivity contribution is 0.238. The highest BCUT2D eigenvalue weighted by Gasteiger charge is 2.21. The minimum Gasteiger partial charge on any atom is -0.396 e. The number of aliphatic hydroxyl groups is 1. The zero-order valence-corrected chi connectivity index (χ0v) is 12.7. The van der Waals surface area contributed by atoms with Gasteiger partial charge in [0.1, 0.15) is 0 Å². The molecule has 1 heterocycles. The third-order valence-corrected chi connectivity index (χ3v) is 3.74. The summed E-state index contributed by atoms with van der Waals surface area (Å²) in [5, 5.41) is 12.9. The van der Waals surface area contributed by atoms with Crippen LogP contribution >= 0.6 is 0 Å². The average Bonchev–Trinajstić information content (AvgIpc) is 2.53. The maximum Gasteiger partial charge on any atom is 0.0753 e. The van der Waals surface area contributed by atoms with E-state index in [1.807, 2.05) is 42.6 Å². The third kappa shape index (κ3) is 4.38. The van der Waals surface area contributed by atoms with Crippen LogP contribution in [0, 0.1) is 5.92 Å². The maximum atomic E-state index is 9.28. The monoisotopic (exact) mass is 284 g/mol. The summed E-state index contributed by atoms with van der Waals surface area (Å²) in [5.41, 5.74) is 2.20. The van der Waals surface area contributed by atoms with Gasteiger partial charge in [-0.2, -0.15) is 0 Å². The molecule has 3 heteroatoms. The maximum absolute atomic E-state index is 9.28. The van der Waals surface area contributed by atoms with Crippen LogP contribution in [-0.2, 0) is 0 Å². The zero-order chi connectivity index (χ0) is 15.1. The molecule has 2 rings (SSSR count).